The fourth-order valence-corrected chi connectivity index (χ4v) is 5.27. The van der Waals surface area contributed by atoms with E-state index in [1.54, 1.807) is 42.5 Å². The first-order valence-electron chi connectivity index (χ1n) is 12.2. The van der Waals surface area contributed by atoms with Gasteiger partial charge in [0.1, 0.15) is 5.25 Å². The van der Waals surface area contributed by atoms with Crippen molar-refractivity contribution in [1.82, 2.24) is 0 Å². The van der Waals surface area contributed by atoms with Gasteiger partial charge in [-0.1, -0.05) is 36.4 Å². The number of rotatable bonds is 8. The van der Waals surface area contributed by atoms with E-state index in [9.17, 15) is 9.59 Å². The predicted octanol–water partition coefficient (Wildman–Crippen LogP) is 6.90. The van der Waals surface area contributed by atoms with Crippen molar-refractivity contribution in [2.45, 2.75) is 17.1 Å². The third-order valence-electron chi connectivity index (χ3n) is 5.88. The van der Waals surface area contributed by atoms with Gasteiger partial charge in [-0.3, -0.25) is 9.59 Å². The highest BCUT2D eigenvalue weighted by Gasteiger charge is 2.23. The van der Waals surface area contributed by atoms with Gasteiger partial charge < -0.3 is 25.4 Å². The number of thioether (sulfide) groups is 1. The molecular formula is C30H25N3O4S2. The third-order valence-corrected chi connectivity index (χ3v) is 7.33. The standard InChI is InChI=1S/C30H25N3O4S2/c1-19(34)20-10-12-22(13-11-20)32-30(38)33-23-8-5-9-25(16-23)39-28(21-6-3-2-4-7-21)29(35)31-24-14-15-26-27(17-24)37-18-36-26/h2-17,28H,18H2,1H3,(H,31,35)(H2,32,33,38). The molecule has 0 spiro atoms. The average molecular weight is 556 g/mol. The van der Waals surface area contributed by atoms with Gasteiger partial charge in [-0.2, -0.15) is 0 Å². The lowest BCUT2D eigenvalue weighted by molar-refractivity contribution is -0.115. The molecule has 0 saturated carbocycles. The number of amides is 1. The summed E-state index contributed by atoms with van der Waals surface area (Å²) in [6, 6.07) is 29.8. The third kappa shape index (κ3) is 6.76. The fraction of sp³-hybridized carbons (Fsp3) is 0.100. The molecule has 0 aromatic heterocycles. The minimum Gasteiger partial charge on any atom is -0.454 e. The summed E-state index contributed by atoms with van der Waals surface area (Å²) < 4.78 is 10.8. The zero-order valence-corrected chi connectivity index (χ0v) is 22.6. The fourth-order valence-electron chi connectivity index (χ4n) is 3.95. The number of carbonyl (C=O) groups is 2. The molecule has 1 heterocycles. The monoisotopic (exact) mass is 555 g/mol. The van der Waals surface area contributed by atoms with E-state index in [0.29, 0.717) is 27.9 Å². The Morgan fingerprint density at radius 1 is 0.769 bits per heavy atom. The van der Waals surface area contributed by atoms with Crippen LogP contribution in [0.4, 0.5) is 17.1 Å². The second-order valence-corrected chi connectivity index (χ2v) is 10.3. The van der Waals surface area contributed by atoms with Gasteiger partial charge in [0.2, 0.25) is 12.7 Å². The normalized spacial score (nSPS) is 12.3. The topological polar surface area (TPSA) is 88.7 Å². The molecule has 3 N–H and O–H groups in total. The van der Waals surface area contributed by atoms with Gasteiger partial charge in [0.05, 0.1) is 0 Å². The minimum absolute atomic E-state index is 0.00921. The summed E-state index contributed by atoms with van der Waals surface area (Å²) in [7, 11) is 0. The molecule has 39 heavy (non-hydrogen) atoms. The summed E-state index contributed by atoms with van der Waals surface area (Å²) in [5.41, 5.74) is 3.70. The van der Waals surface area contributed by atoms with Crippen LogP contribution in [0.1, 0.15) is 28.1 Å². The summed E-state index contributed by atoms with van der Waals surface area (Å²) in [6.45, 7) is 1.70. The molecule has 7 nitrogen and oxygen atoms in total. The SMILES string of the molecule is CC(=O)c1ccc(NC(=S)Nc2cccc(SC(C(=O)Nc3ccc4c(c3)OCO4)c3ccccc3)c2)cc1. The van der Waals surface area contributed by atoms with Crippen LogP contribution in [0.15, 0.2) is 102 Å². The minimum atomic E-state index is -0.503. The maximum absolute atomic E-state index is 13.5. The summed E-state index contributed by atoms with van der Waals surface area (Å²) >= 11 is 6.92. The van der Waals surface area contributed by atoms with Crippen LogP contribution >= 0.6 is 24.0 Å². The quantitative estimate of drug-likeness (QED) is 0.123. The van der Waals surface area contributed by atoms with Crippen LogP contribution in [0.2, 0.25) is 0 Å². The van der Waals surface area contributed by atoms with E-state index >= 15 is 0 Å². The molecule has 0 fully saturated rings. The molecule has 5 rings (SSSR count). The van der Waals surface area contributed by atoms with E-state index in [2.05, 4.69) is 16.0 Å². The number of thiocarbonyl (C=S) groups is 1. The van der Waals surface area contributed by atoms with Crippen molar-refractivity contribution < 1.29 is 19.1 Å². The molecule has 0 aliphatic carbocycles. The second-order valence-electron chi connectivity index (χ2n) is 8.71. The van der Waals surface area contributed by atoms with Crippen molar-refractivity contribution in [1.29, 1.82) is 0 Å². The summed E-state index contributed by atoms with van der Waals surface area (Å²) in [5, 5.41) is 9.23. The van der Waals surface area contributed by atoms with Crippen molar-refractivity contribution in [2.75, 3.05) is 22.7 Å². The maximum Gasteiger partial charge on any atom is 0.242 e. The van der Waals surface area contributed by atoms with Gasteiger partial charge in [-0.15, -0.1) is 11.8 Å². The maximum atomic E-state index is 13.5. The van der Waals surface area contributed by atoms with Gasteiger partial charge in [0.25, 0.3) is 0 Å². The van der Waals surface area contributed by atoms with Crippen LogP contribution < -0.4 is 25.4 Å². The van der Waals surface area contributed by atoms with Crippen LogP contribution in [0.5, 0.6) is 11.5 Å². The molecule has 1 unspecified atom stereocenters. The molecule has 196 valence electrons. The van der Waals surface area contributed by atoms with E-state index in [-0.39, 0.29) is 18.5 Å². The second kappa shape index (κ2) is 12.0. The molecule has 0 saturated heterocycles. The number of hydrogen-bond donors (Lipinski definition) is 3. The molecule has 1 aliphatic rings. The number of nitrogens with one attached hydrogen (secondary N) is 3. The highest BCUT2D eigenvalue weighted by molar-refractivity contribution is 8.00. The van der Waals surface area contributed by atoms with Crippen molar-refractivity contribution in [3.8, 4) is 11.5 Å². The van der Waals surface area contributed by atoms with Gasteiger partial charge in [-0.25, -0.2) is 0 Å². The van der Waals surface area contributed by atoms with Gasteiger partial charge in [-0.05, 0) is 79.3 Å². The molecule has 1 atom stereocenters. The Balaban J connectivity index is 1.28. The molecule has 0 bridgehead atoms. The predicted molar refractivity (Wildman–Crippen MR) is 159 cm³/mol. The van der Waals surface area contributed by atoms with Crippen molar-refractivity contribution >= 4 is 57.8 Å². The Kier molecular flexibility index (Phi) is 8.10. The summed E-state index contributed by atoms with van der Waals surface area (Å²) in [4.78, 5) is 25.9. The molecule has 1 aliphatic heterocycles. The first-order valence-corrected chi connectivity index (χ1v) is 13.4. The Morgan fingerprint density at radius 3 is 2.23 bits per heavy atom. The number of fused-ring (bicyclic) bond motifs is 1. The molecule has 1 amide bonds. The first-order chi connectivity index (χ1) is 18.9. The van der Waals surface area contributed by atoms with E-state index in [0.717, 1.165) is 21.8 Å². The number of ketones is 1. The number of benzene rings is 4. The number of Topliss-reactive ketones (excluding diaryl/α,β-unsaturated/α-hetero) is 1. The number of anilines is 3. The lowest BCUT2D eigenvalue weighted by Gasteiger charge is -2.18. The first kappa shape index (κ1) is 26.3. The van der Waals surface area contributed by atoms with Gasteiger partial charge in [0.15, 0.2) is 22.4 Å². The van der Waals surface area contributed by atoms with Crippen molar-refractivity contribution in [3.05, 3.63) is 108 Å². The summed E-state index contributed by atoms with van der Waals surface area (Å²) in [6.07, 6.45) is 0. The Morgan fingerprint density at radius 2 is 1.46 bits per heavy atom. The van der Waals surface area contributed by atoms with Gasteiger partial charge >= 0.3 is 0 Å². The molecule has 9 heteroatoms. The van der Waals surface area contributed by atoms with Crippen LogP contribution in [-0.2, 0) is 4.79 Å². The molecule has 0 radical (unpaired) electrons. The molecular weight excluding hydrogens is 530 g/mol. The Hall–Kier alpha value is -4.34. The number of hydrogen-bond acceptors (Lipinski definition) is 6. The van der Waals surface area contributed by atoms with Crippen LogP contribution in [0.3, 0.4) is 0 Å². The van der Waals surface area contributed by atoms with Crippen LogP contribution in [0, 0.1) is 0 Å². The molecule has 4 aromatic rings. The average Bonchev–Trinajstić information content (AvgIpc) is 3.40. The number of carbonyl (C=O) groups excluding carboxylic acids is 2. The van der Waals surface area contributed by atoms with Crippen LogP contribution in [0.25, 0.3) is 0 Å². The number of ether oxygens (including phenoxy) is 2. The zero-order valence-electron chi connectivity index (χ0n) is 21.0. The zero-order chi connectivity index (χ0) is 27.2. The smallest absolute Gasteiger partial charge is 0.242 e. The van der Waals surface area contributed by atoms with Crippen LogP contribution in [-0.4, -0.2) is 23.6 Å². The van der Waals surface area contributed by atoms with E-state index < -0.39 is 5.25 Å². The highest BCUT2D eigenvalue weighted by Crippen LogP contribution is 2.38. The Bertz CT molecular complexity index is 1510. The molecule has 4 aromatic carbocycles. The van der Waals surface area contributed by atoms with E-state index in [4.69, 9.17) is 21.7 Å². The van der Waals surface area contributed by atoms with Gasteiger partial charge in [0, 0.05) is 33.6 Å². The summed E-state index contributed by atoms with van der Waals surface area (Å²) in [5.74, 6) is 1.12. The van der Waals surface area contributed by atoms with E-state index in [1.807, 2.05) is 54.6 Å². The van der Waals surface area contributed by atoms with E-state index in [1.165, 1.54) is 18.7 Å². The lowest BCUT2D eigenvalue weighted by atomic mass is 10.1. The Labute approximate surface area is 235 Å². The lowest BCUT2D eigenvalue weighted by Crippen LogP contribution is -2.19. The van der Waals surface area contributed by atoms with Crippen molar-refractivity contribution in [3.63, 3.8) is 0 Å². The largest absolute Gasteiger partial charge is 0.454 e. The highest BCUT2D eigenvalue weighted by atomic mass is 32.2. The van der Waals surface area contributed by atoms with Crippen molar-refractivity contribution in [2.24, 2.45) is 0 Å².